The van der Waals surface area contributed by atoms with Crippen LogP contribution >= 0.6 is 7.82 Å². The molecule has 0 saturated heterocycles. The van der Waals surface area contributed by atoms with Crippen molar-refractivity contribution in [1.82, 2.24) is 0 Å². The molecule has 0 spiro atoms. The molecule has 1 N–H and O–H groups in total. The number of nitrogens with zero attached hydrogens (tertiary/aromatic N) is 1. The van der Waals surface area contributed by atoms with Crippen molar-refractivity contribution in [2.24, 2.45) is 0 Å². The molecule has 0 saturated carbocycles. The zero-order chi connectivity index (χ0) is 46.4. The molecule has 0 rings (SSSR count). The maximum Gasteiger partial charge on any atom is 0.472 e. The van der Waals surface area contributed by atoms with E-state index in [0.29, 0.717) is 17.4 Å². The van der Waals surface area contributed by atoms with Gasteiger partial charge < -0.3 is 18.9 Å². The van der Waals surface area contributed by atoms with Crippen LogP contribution in [0.2, 0.25) is 0 Å². The number of esters is 2. The van der Waals surface area contributed by atoms with E-state index in [0.717, 1.165) is 96.3 Å². The van der Waals surface area contributed by atoms with Crippen LogP contribution in [0.25, 0.3) is 0 Å². The second-order valence-electron chi connectivity index (χ2n) is 17.8. The molecule has 0 bridgehead atoms. The number of carbonyl (C=O) groups is 2. The number of hydrogen-bond acceptors (Lipinski definition) is 7. The molecule has 0 radical (unpaired) electrons. The van der Waals surface area contributed by atoms with Gasteiger partial charge in [0.15, 0.2) is 6.10 Å². The van der Waals surface area contributed by atoms with E-state index in [9.17, 15) is 19.0 Å². The number of carbonyl (C=O) groups excluding carboxylic acids is 2. The highest BCUT2D eigenvalue weighted by molar-refractivity contribution is 7.47. The first-order chi connectivity index (χ1) is 30.5. The molecule has 2 unspecified atom stereocenters. The van der Waals surface area contributed by atoms with Gasteiger partial charge in [0.25, 0.3) is 0 Å². The van der Waals surface area contributed by atoms with Crippen LogP contribution in [-0.2, 0) is 32.7 Å². The van der Waals surface area contributed by atoms with E-state index in [1.165, 1.54) is 70.6 Å². The summed E-state index contributed by atoms with van der Waals surface area (Å²) in [5.41, 5.74) is 0. The van der Waals surface area contributed by atoms with Gasteiger partial charge in [-0.1, -0.05) is 183 Å². The number of quaternary nitrogens is 1. The summed E-state index contributed by atoms with van der Waals surface area (Å²) in [5.74, 6) is -0.819. The lowest BCUT2D eigenvalue weighted by Crippen LogP contribution is -2.37. The summed E-state index contributed by atoms with van der Waals surface area (Å²) in [6.07, 6.45) is 56.7. The maximum atomic E-state index is 12.8. The lowest BCUT2D eigenvalue weighted by Gasteiger charge is -2.24. The van der Waals surface area contributed by atoms with Gasteiger partial charge in [-0.05, 0) is 77.0 Å². The highest BCUT2D eigenvalue weighted by Crippen LogP contribution is 2.43. The Labute approximate surface area is 387 Å². The second-order valence-corrected chi connectivity index (χ2v) is 19.3. The van der Waals surface area contributed by atoms with Crippen molar-refractivity contribution < 1.29 is 42.1 Å². The molecule has 63 heavy (non-hydrogen) atoms. The first kappa shape index (κ1) is 60.5. The molecule has 0 aliphatic heterocycles. The summed E-state index contributed by atoms with van der Waals surface area (Å²) < 4.78 is 34.4. The van der Waals surface area contributed by atoms with Crippen molar-refractivity contribution in [3.8, 4) is 0 Å². The van der Waals surface area contributed by atoms with Crippen LogP contribution in [0.3, 0.4) is 0 Å². The van der Waals surface area contributed by atoms with E-state index in [4.69, 9.17) is 18.5 Å². The van der Waals surface area contributed by atoms with Crippen LogP contribution in [0, 0.1) is 0 Å². The molecule has 10 heteroatoms. The average Bonchev–Trinajstić information content (AvgIpc) is 3.24. The molecular formula is C53H95NO8P+. The SMILES string of the molecule is CC/C=C\C/C=C\C/C=C\C/C=C\CCCCCCCCCCCCCCC(=O)OC(COC(=O)CCCCCCC/C=C\C/C=C\CCCC)COP(=O)(O)OCC[N+](C)(C)C. The fraction of sp³-hybridized carbons (Fsp3) is 0.736. The Kier molecular flexibility index (Phi) is 42.8. The van der Waals surface area contributed by atoms with Crippen molar-refractivity contribution in [3.63, 3.8) is 0 Å². The van der Waals surface area contributed by atoms with Gasteiger partial charge in [-0.15, -0.1) is 0 Å². The number of ether oxygens (including phenoxy) is 2. The van der Waals surface area contributed by atoms with E-state index in [2.05, 4.69) is 86.8 Å². The maximum absolute atomic E-state index is 12.8. The molecule has 0 aromatic heterocycles. The van der Waals surface area contributed by atoms with Crippen LogP contribution < -0.4 is 0 Å². The highest BCUT2D eigenvalue weighted by Gasteiger charge is 2.27. The summed E-state index contributed by atoms with van der Waals surface area (Å²) in [4.78, 5) is 35.5. The molecule has 0 aliphatic carbocycles. The van der Waals surface area contributed by atoms with Gasteiger partial charge in [0.2, 0.25) is 0 Å². The number of phosphoric ester groups is 1. The first-order valence-electron chi connectivity index (χ1n) is 25.2. The fourth-order valence-corrected chi connectivity index (χ4v) is 7.29. The van der Waals surface area contributed by atoms with E-state index in [-0.39, 0.29) is 32.0 Å². The van der Waals surface area contributed by atoms with Gasteiger partial charge in [0.1, 0.15) is 19.8 Å². The van der Waals surface area contributed by atoms with Gasteiger partial charge in [-0.2, -0.15) is 0 Å². The number of hydrogen-bond donors (Lipinski definition) is 1. The first-order valence-corrected chi connectivity index (χ1v) is 26.7. The monoisotopic (exact) mass is 905 g/mol. The molecule has 0 fully saturated rings. The van der Waals surface area contributed by atoms with Crippen LogP contribution in [-0.4, -0.2) is 74.9 Å². The van der Waals surface area contributed by atoms with Crippen LogP contribution in [0.4, 0.5) is 0 Å². The topological polar surface area (TPSA) is 108 Å². The van der Waals surface area contributed by atoms with Crippen molar-refractivity contribution >= 4 is 19.8 Å². The second kappa shape index (κ2) is 44.6. The highest BCUT2D eigenvalue weighted by atomic mass is 31.2. The molecule has 0 amide bonds. The third-order valence-corrected chi connectivity index (χ3v) is 11.5. The number of likely N-dealkylation sites (N-methyl/N-ethyl adjacent to an activating group) is 1. The van der Waals surface area contributed by atoms with Crippen molar-refractivity contribution in [2.75, 3.05) is 47.5 Å². The number of allylic oxidation sites excluding steroid dienone is 12. The summed E-state index contributed by atoms with van der Waals surface area (Å²) in [5, 5.41) is 0. The molecular weight excluding hydrogens is 810 g/mol. The van der Waals surface area contributed by atoms with Crippen LogP contribution in [0.15, 0.2) is 72.9 Å². The Morgan fingerprint density at radius 3 is 1.35 bits per heavy atom. The Bertz CT molecular complexity index is 1300. The zero-order valence-corrected chi connectivity index (χ0v) is 41.9. The van der Waals surface area contributed by atoms with Gasteiger partial charge in [-0.3, -0.25) is 18.6 Å². The van der Waals surface area contributed by atoms with Crippen molar-refractivity contribution in [3.05, 3.63) is 72.9 Å². The van der Waals surface area contributed by atoms with E-state index in [1.54, 1.807) is 0 Å². The van der Waals surface area contributed by atoms with E-state index >= 15 is 0 Å². The van der Waals surface area contributed by atoms with Crippen molar-refractivity contribution in [1.29, 1.82) is 0 Å². The standard InChI is InChI=1S/C53H94NO8P/c1-6-8-10-12-14-16-18-20-22-23-24-25-26-27-28-29-30-31-32-34-36-38-40-42-44-46-53(56)62-51(50-61-63(57,58)60-48-47-54(3,4)5)49-59-52(55)45-43-41-39-37-35-33-21-19-17-15-13-11-9-7-2/h8,10,13-16,19-22,24-25,51H,6-7,9,11-12,17-18,23,26-50H2,1-5H3/p+1/b10-8-,15-13-,16-14-,21-19-,22-20-,25-24-. The van der Waals surface area contributed by atoms with E-state index < -0.39 is 26.5 Å². The quantitative estimate of drug-likeness (QED) is 0.0212. The summed E-state index contributed by atoms with van der Waals surface area (Å²) >= 11 is 0. The fourth-order valence-electron chi connectivity index (χ4n) is 6.55. The Balaban J connectivity index is 4.23. The Hall–Kier alpha value is -2.55. The summed E-state index contributed by atoms with van der Waals surface area (Å²) in [6, 6.07) is 0. The predicted octanol–water partition coefficient (Wildman–Crippen LogP) is 15.0. The van der Waals surface area contributed by atoms with Gasteiger partial charge >= 0.3 is 19.8 Å². The number of phosphoric acid groups is 1. The average molecular weight is 905 g/mol. The summed E-state index contributed by atoms with van der Waals surface area (Å²) in [7, 11) is 1.46. The lowest BCUT2D eigenvalue weighted by atomic mass is 10.0. The lowest BCUT2D eigenvalue weighted by molar-refractivity contribution is -0.870. The molecule has 0 aliphatic rings. The van der Waals surface area contributed by atoms with Crippen molar-refractivity contribution in [2.45, 2.75) is 206 Å². The minimum Gasteiger partial charge on any atom is -0.462 e. The third kappa shape index (κ3) is 48.7. The summed E-state index contributed by atoms with van der Waals surface area (Å²) in [6.45, 7) is 4.25. The molecule has 0 aromatic rings. The minimum absolute atomic E-state index is 0.0262. The zero-order valence-electron chi connectivity index (χ0n) is 41.0. The largest absolute Gasteiger partial charge is 0.472 e. The molecule has 364 valence electrons. The van der Waals surface area contributed by atoms with Gasteiger partial charge in [0.05, 0.1) is 27.7 Å². The minimum atomic E-state index is -4.39. The molecule has 2 atom stereocenters. The predicted molar refractivity (Wildman–Crippen MR) is 266 cm³/mol. The van der Waals surface area contributed by atoms with Gasteiger partial charge in [0, 0.05) is 12.8 Å². The molecule has 9 nitrogen and oxygen atoms in total. The van der Waals surface area contributed by atoms with E-state index in [1.807, 2.05) is 21.1 Å². The van der Waals surface area contributed by atoms with Crippen LogP contribution in [0.1, 0.15) is 200 Å². The Morgan fingerprint density at radius 1 is 0.508 bits per heavy atom. The number of unbranched alkanes of at least 4 members (excludes halogenated alkanes) is 19. The third-order valence-electron chi connectivity index (χ3n) is 10.5. The smallest absolute Gasteiger partial charge is 0.462 e. The van der Waals surface area contributed by atoms with Crippen LogP contribution in [0.5, 0.6) is 0 Å². The number of rotatable bonds is 45. The Morgan fingerprint density at radius 2 is 0.905 bits per heavy atom. The molecule has 0 aromatic carbocycles. The molecule has 0 heterocycles. The normalized spacial score (nSPS) is 14.1. The van der Waals surface area contributed by atoms with Gasteiger partial charge in [-0.25, -0.2) is 4.57 Å².